The zero-order valence-electron chi connectivity index (χ0n) is 10.1. The number of rotatable bonds is 4. The summed E-state index contributed by atoms with van der Waals surface area (Å²) in [5, 5.41) is 0. The van der Waals surface area contributed by atoms with E-state index in [1.807, 2.05) is 41.1 Å². The van der Waals surface area contributed by atoms with Gasteiger partial charge < -0.3 is 9.30 Å². The van der Waals surface area contributed by atoms with Crippen molar-refractivity contribution in [3.05, 3.63) is 58.3 Å². The summed E-state index contributed by atoms with van der Waals surface area (Å²) in [4.78, 5) is 11.7. The van der Waals surface area contributed by atoms with Crippen molar-refractivity contribution in [2.24, 2.45) is 0 Å². The van der Waals surface area contributed by atoms with E-state index < -0.39 is 0 Å². The molecule has 1 aromatic heterocycles. The van der Waals surface area contributed by atoms with Gasteiger partial charge in [0.25, 0.3) is 0 Å². The van der Waals surface area contributed by atoms with Crippen LogP contribution in [0.15, 0.2) is 47.1 Å². The Bertz CT molecular complexity index is 548. The van der Waals surface area contributed by atoms with Gasteiger partial charge in [0.15, 0.2) is 0 Å². The van der Waals surface area contributed by atoms with Crippen LogP contribution in [0.4, 0.5) is 0 Å². The molecule has 0 N–H and O–H groups in total. The standard InChI is InChI=1S/C14H14BrNO2/c1-2-18-14(17)13-8-5-9-16(13)10-11-6-3-4-7-12(11)15/h3-9H,2,10H2,1H3. The second kappa shape index (κ2) is 5.87. The molecule has 0 bridgehead atoms. The highest BCUT2D eigenvalue weighted by Gasteiger charge is 2.12. The quantitative estimate of drug-likeness (QED) is 0.810. The number of hydrogen-bond donors (Lipinski definition) is 0. The molecular weight excluding hydrogens is 294 g/mol. The third kappa shape index (κ3) is 2.82. The maximum Gasteiger partial charge on any atom is 0.354 e. The van der Waals surface area contributed by atoms with Gasteiger partial charge in [-0.05, 0) is 30.7 Å². The number of esters is 1. The molecule has 0 spiro atoms. The lowest BCUT2D eigenvalue weighted by atomic mass is 10.2. The summed E-state index contributed by atoms with van der Waals surface area (Å²) >= 11 is 3.50. The minimum Gasteiger partial charge on any atom is -0.461 e. The molecule has 0 aliphatic carbocycles. The fraction of sp³-hybridized carbons (Fsp3) is 0.214. The van der Waals surface area contributed by atoms with Crippen LogP contribution in [0.5, 0.6) is 0 Å². The Hall–Kier alpha value is -1.55. The summed E-state index contributed by atoms with van der Waals surface area (Å²) in [6.07, 6.45) is 1.88. The first kappa shape index (κ1) is 12.9. The molecular formula is C14H14BrNO2. The van der Waals surface area contributed by atoms with Crippen LogP contribution in [0.25, 0.3) is 0 Å². The number of aromatic nitrogens is 1. The molecule has 18 heavy (non-hydrogen) atoms. The Balaban J connectivity index is 2.23. The van der Waals surface area contributed by atoms with Gasteiger partial charge in [0, 0.05) is 17.2 Å². The highest BCUT2D eigenvalue weighted by molar-refractivity contribution is 9.10. The van der Waals surface area contributed by atoms with Crippen molar-refractivity contribution in [2.75, 3.05) is 6.61 Å². The zero-order chi connectivity index (χ0) is 13.0. The van der Waals surface area contributed by atoms with Gasteiger partial charge in [-0.3, -0.25) is 0 Å². The molecule has 1 aromatic carbocycles. The maximum atomic E-state index is 11.7. The number of nitrogens with zero attached hydrogens (tertiary/aromatic N) is 1. The van der Waals surface area contributed by atoms with Crippen molar-refractivity contribution in [1.82, 2.24) is 4.57 Å². The van der Waals surface area contributed by atoms with Gasteiger partial charge in [-0.15, -0.1) is 0 Å². The summed E-state index contributed by atoms with van der Waals surface area (Å²) in [5.74, 6) is -0.283. The van der Waals surface area contributed by atoms with Crippen molar-refractivity contribution in [3.63, 3.8) is 0 Å². The van der Waals surface area contributed by atoms with Crippen LogP contribution in [0.2, 0.25) is 0 Å². The first-order valence-electron chi connectivity index (χ1n) is 5.78. The van der Waals surface area contributed by atoms with E-state index in [1.54, 1.807) is 13.0 Å². The van der Waals surface area contributed by atoms with Crippen LogP contribution in [-0.2, 0) is 11.3 Å². The molecule has 4 heteroatoms. The van der Waals surface area contributed by atoms with Crippen LogP contribution in [0.1, 0.15) is 23.0 Å². The topological polar surface area (TPSA) is 31.2 Å². The lowest BCUT2D eigenvalue weighted by molar-refractivity contribution is 0.0514. The number of halogens is 1. The van der Waals surface area contributed by atoms with Gasteiger partial charge in [-0.1, -0.05) is 34.1 Å². The molecule has 0 radical (unpaired) electrons. The van der Waals surface area contributed by atoms with Gasteiger partial charge >= 0.3 is 5.97 Å². The van der Waals surface area contributed by atoms with E-state index in [-0.39, 0.29) is 5.97 Å². The van der Waals surface area contributed by atoms with Crippen LogP contribution >= 0.6 is 15.9 Å². The monoisotopic (exact) mass is 307 g/mol. The largest absolute Gasteiger partial charge is 0.461 e. The number of benzene rings is 1. The smallest absolute Gasteiger partial charge is 0.354 e. The second-order valence-corrected chi connectivity index (χ2v) is 4.69. The SMILES string of the molecule is CCOC(=O)c1cccn1Cc1ccccc1Br. The van der Waals surface area contributed by atoms with E-state index in [1.165, 1.54) is 0 Å². The summed E-state index contributed by atoms with van der Waals surface area (Å²) in [6.45, 7) is 2.83. The van der Waals surface area contributed by atoms with Crippen molar-refractivity contribution >= 4 is 21.9 Å². The lowest BCUT2D eigenvalue weighted by Crippen LogP contribution is -2.12. The Labute approximate surface area is 115 Å². The number of carbonyl (C=O) groups excluding carboxylic acids is 1. The van der Waals surface area contributed by atoms with Crippen molar-refractivity contribution in [2.45, 2.75) is 13.5 Å². The molecule has 1 heterocycles. The molecule has 0 aliphatic heterocycles. The Morgan fingerprint density at radius 1 is 1.28 bits per heavy atom. The molecule has 2 aromatic rings. The summed E-state index contributed by atoms with van der Waals surface area (Å²) in [6, 6.07) is 11.6. The molecule has 2 rings (SSSR count). The van der Waals surface area contributed by atoms with Crippen molar-refractivity contribution < 1.29 is 9.53 Å². The number of hydrogen-bond acceptors (Lipinski definition) is 2. The first-order chi connectivity index (χ1) is 8.72. The number of ether oxygens (including phenoxy) is 1. The third-order valence-corrected chi connectivity index (χ3v) is 3.39. The fourth-order valence-electron chi connectivity index (χ4n) is 1.75. The second-order valence-electron chi connectivity index (χ2n) is 3.83. The highest BCUT2D eigenvalue weighted by Crippen LogP contribution is 2.18. The van der Waals surface area contributed by atoms with E-state index in [0.29, 0.717) is 18.8 Å². The van der Waals surface area contributed by atoms with Crippen LogP contribution < -0.4 is 0 Å². The predicted molar refractivity (Wildman–Crippen MR) is 73.6 cm³/mol. The van der Waals surface area contributed by atoms with E-state index in [0.717, 1.165) is 10.0 Å². The van der Waals surface area contributed by atoms with E-state index >= 15 is 0 Å². The van der Waals surface area contributed by atoms with Gasteiger partial charge in [-0.2, -0.15) is 0 Å². The molecule has 0 saturated heterocycles. The van der Waals surface area contributed by atoms with Gasteiger partial charge in [-0.25, -0.2) is 4.79 Å². The fourth-order valence-corrected chi connectivity index (χ4v) is 2.16. The summed E-state index contributed by atoms with van der Waals surface area (Å²) in [7, 11) is 0. The molecule has 94 valence electrons. The third-order valence-electron chi connectivity index (χ3n) is 2.61. The Morgan fingerprint density at radius 2 is 2.06 bits per heavy atom. The van der Waals surface area contributed by atoms with Crippen LogP contribution in [0.3, 0.4) is 0 Å². The summed E-state index contributed by atoms with van der Waals surface area (Å²) in [5.41, 5.74) is 1.70. The van der Waals surface area contributed by atoms with Crippen LogP contribution in [0, 0.1) is 0 Å². The molecule has 0 aliphatic rings. The van der Waals surface area contributed by atoms with E-state index in [4.69, 9.17) is 4.74 Å². The summed E-state index contributed by atoms with van der Waals surface area (Å²) < 4.78 is 7.95. The first-order valence-corrected chi connectivity index (χ1v) is 6.57. The Morgan fingerprint density at radius 3 is 2.78 bits per heavy atom. The van der Waals surface area contributed by atoms with Gasteiger partial charge in [0.2, 0.25) is 0 Å². The molecule has 0 atom stereocenters. The van der Waals surface area contributed by atoms with Crippen molar-refractivity contribution in [1.29, 1.82) is 0 Å². The molecule has 0 unspecified atom stereocenters. The maximum absolute atomic E-state index is 11.7. The van der Waals surface area contributed by atoms with E-state index in [9.17, 15) is 4.79 Å². The molecule has 0 amide bonds. The van der Waals surface area contributed by atoms with Crippen LogP contribution in [-0.4, -0.2) is 17.1 Å². The minimum absolute atomic E-state index is 0.283. The molecule has 0 fully saturated rings. The molecule has 0 saturated carbocycles. The minimum atomic E-state index is -0.283. The van der Waals surface area contributed by atoms with E-state index in [2.05, 4.69) is 15.9 Å². The van der Waals surface area contributed by atoms with Crippen molar-refractivity contribution in [3.8, 4) is 0 Å². The average Bonchev–Trinajstić information content (AvgIpc) is 2.81. The zero-order valence-corrected chi connectivity index (χ0v) is 11.7. The predicted octanol–water partition coefficient (Wildman–Crippen LogP) is 3.48. The van der Waals surface area contributed by atoms with Gasteiger partial charge in [0.1, 0.15) is 5.69 Å². The lowest BCUT2D eigenvalue weighted by Gasteiger charge is -2.09. The molecule has 3 nitrogen and oxygen atoms in total. The highest BCUT2D eigenvalue weighted by atomic mass is 79.9. The average molecular weight is 308 g/mol. The normalized spacial score (nSPS) is 10.3. The van der Waals surface area contributed by atoms with Gasteiger partial charge in [0.05, 0.1) is 6.61 Å². The number of carbonyl (C=O) groups is 1. The Kier molecular flexibility index (Phi) is 4.20.